The van der Waals surface area contributed by atoms with Crippen LogP contribution in [-0.2, 0) is 6.42 Å². The Morgan fingerprint density at radius 2 is 1.67 bits per heavy atom. The summed E-state index contributed by atoms with van der Waals surface area (Å²) in [6, 6.07) is 9.19. The fourth-order valence-electron chi connectivity index (χ4n) is 3.19. The van der Waals surface area contributed by atoms with Crippen molar-refractivity contribution in [2.45, 2.75) is 59.0 Å². The molecule has 1 nitrogen and oxygen atoms in total. The van der Waals surface area contributed by atoms with Crippen LogP contribution in [0, 0.1) is 5.41 Å². The summed E-state index contributed by atoms with van der Waals surface area (Å²) in [7, 11) is 0. The smallest absolute Gasteiger partial charge is 0.0467 e. The molecule has 2 rings (SSSR count). The van der Waals surface area contributed by atoms with E-state index in [1.807, 2.05) is 22.7 Å². The Hall–Kier alpha value is -0.640. The molecule has 0 radical (unpaired) electrons. The molecule has 0 aliphatic rings. The predicted octanol–water partition coefficient (Wildman–Crippen LogP) is 5.90. The van der Waals surface area contributed by atoms with Crippen LogP contribution in [0.4, 0.5) is 0 Å². The Morgan fingerprint density at radius 1 is 1.00 bits per heavy atom. The third-order valence-electron chi connectivity index (χ3n) is 3.41. The zero-order chi connectivity index (χ0) is 15.5. The van der Waals surface area contributed by atoms with Gasteiger partial charge >= 0.3 is 0 Å². The fourth-order valence-corrected chi connectivity index (χ4v) is 4.72. The Morgan fingerprint density at radius 3 is 2.19 bits per heavy atom. The summed E-state index contributed by atoms with van der Waals surface area (Å²) >= 11 is 3.71. The lowest BCUT2D eigenvalue weighted by molar-refractivity contribution is 0.223. The van der Waals surface area contributed by atoms with Crippen molar-refractivity contribution in [3.63, 3.8) is 0 Å². The SMILES string of the molecule is CC(C)(C)CC(C)(C)NC(Cc1cccs1)c1cccs1. The minimum Gasteiger partial charge on any atom is -0.304 e. The van der Waals surface area contributed by atoms with Crippen LogP contribution in [0.15, 0.2) is 35.0 Å². The average Bonchev–Trinajstić information content (AvgIpc) is 2.96. The van der Waals surface area contributed by atoms with E-state index in [1.165, 1.54) is 9.75 Å². The lowest BCUT2D eigenvalue weighted by Gasteiger charge is -2.36. The van der Waals surface area contributed by atoms with E-state index in [-0.39, 0.29) is 5.54 Å². The van der Waals surface area contributed by atoms with Crippen LogP contribution in [0.1, 0.15) is 56.8 Å². The standard InChI is InChI=1S/C18H27NS2/c1-17(2,3)13-18(4,5)19-15(16-9-7-11-21-16)12-14-8-6-10-20-14/h6-11,15,19H,12-13H2,1-5H3. The molecule has 3 heteroatoms. The van der Waals surface area contributed by atoms with E-state index in [2.05, 4.69) is 75.0 Å². The van der Waals surface area contributed by atoms with Gasteiger partial charge in [-0.25, -0.2) is 0 Å². The normalized spacial score (nSPS) is 14.3. The molecular weight excluding hydrogens is 294 g/mol. The van der Waals surface area contributed by atoms with Gasteiger partial charge in [0.05, 0.1) is 0 Å². The molecule has 0 saturated heterocycles. The molecule has 0 spiro atoms. The van der Waals surface area contributed by atoms with Crippen LogP contribution in [-0.4, -0.2) is 5.54 Å². The first-order chi connectivity index (χ1) is 9.75. The quantitative estimate of drug-likeness (QED) is 0.698. The van der Waals surface area contributed by atoms with Crippen LogP contribution in [0.3, 0.4) is 0 Å². The Balaban J connectivity index is 2.12. The molecule has 0 bridgehead atoms. The first kappa shape index (κ1) is 16.7. The fraction of sp³-hybridized carbons (Fsp3) is 0.556. The van der Waals surface area contributed by atoms with Crippen molar-refractivity contribution in [2.75, 3.05) is 0 Å². The van der Waals surface area contributed by atoms with Crippen LogP contribution >= 0.6 is 22.7 Å². The van der Waals surface area contributed by atoms with E-state index in [0.717, 1.165) is 12.8 Å². The molecule has 0 aliphatic carbocycles. The van der Waals surface area contributed by atoms with Crippen molar-refractivity contribution in [3.8, 4) is 0 Å². The summed E-state index contributed by atoms with van der Waals surface area (Å²) in [6.45, 7) is 11.6. The Labute approximate surface area is 137 Å². The highest BCUT2D eigenvalue weighted by Crippen LogP contribution is 2.32. The van der Waals surface area contributed by atoms with Gasteiger partial charge in [-0.3, -0.25) is 0 Å². The molecule has 0 saturated carbocycles. The molecule has 0 aliphatic heterocycles. The summed E-state index contributed by atoms with van der Waals surface area (Å²) in [5.41, 5.74) is 0.462. The van der Waals surface area contributed by atoms with E-state index >= 15 is 0 Å². The number of rotatable bonds is 6. The first-order valence-corrected chi connectivity index (χ1v) is 9.35. The first-order valence-electron chi connectivity index (χ1n) is 7.59. The van der Waals surface area contributed by atoms with Gasteiger partial charge in [-0.2, -0.15) is 0 Å². The van der Waals surface area contributed by atoms with Gasteiger partial charge in [0.25, 0.3) is 0 Å². The van der Waals surface area contributed by atoms with Gasteiger partial charge in [-0.15, -0.1) is 22.7 Å². The maximum atomic E-state index is 3.91. The van der Waals surface area contributed by atoms with Gasteiger partial charge in [-0.1, -0.05) is 32.9 Å². The molecule has 0 amide bonds. The molecule has 2 heterocycles. The molecular formula is C18H27NS2. The second kappa shape index (κ2) is 6.64. The Bertz CT molecular complexity index is 518. The third kappa shape index (κ3) is 5.57. The maximum absolute atomic E-state index is 3.91. The van der Waals surface area contributed by atoms with Crippen LogP contribution in [0.5, 0.6) is 0 Å². The van der Waals surface area contributed by atoms with Gasteiger partial charge < -0.3 is 5.32 Å². The van der Waals surface area contributed by atoms with Crippen LogP contribution in [0.25, 0.3) is 0 Å². The third-order valence-corrected chi connectivity index (χ3v) is 5.29. The number of thiophene rings is 2. The largest absolute Gasteiger partial charge is 0.304 e. The van der Waals surface area contributed by atoms with Crippen LogP contribution < -0.4 is 5.32 Å². The molecule has 116 valence electrons. The molecule has 2 aromatic heterocycles. The van der Waals surface area contributed by atoms with E-state index < -0.39 is 0 Å². The van der Waals surface area contributed by atoms with Crippen molar-refractivity contribution < 1.29 is 0 Å². The van der Waals surface area contributed by atoms with Crippen molar-refractivity contribution in [3.05, 3.63) is 44.8 Å². The number of nitrogens with one attached hydrogen (secondary N) is 1. The average molecular weight is 322 g/mol. The highest BCUT2D eigenvalue weighted by atomic mass is 32.1. The summed E-state index contributed by atoms with van der Waals surface area (Å²) < 4.78 is 0. The monoisotopic (exact) mass is 321 g/mol. The zero-order valence-electron chi connectivity index (χ0n) is 13.8. The van der Waals surface area contributed by atoms with Crippen molar-refractivity contribution in [1.82, 2.24) is 5.32 Å². The van der Waals surface area contributed by atoms with E-state index in [4.69, 9.17) is 0 Å². The predicted molar refractivity (Wildman–Crippen MR) is 96.4 cm³/mol. The van der Waals surface area contributed by atoms with Crippen molar-refractivity contribution in [1.29, 1.82) is 0 Å². The second-order valence-corrected chi connectivity index (χ2v) is 9.63. The van der Waals surface area contributed by atoms with Crippen molar-refractivity contribution >= 4 is 22.7 Å². The summed E-state index contributed by atoms with van der Waals surface area (Å²) in [4.78, 5) is 2.89. The van der Waals surface area contributed by atoms with E-state index in [0.29, 0.717) is 11.5 Å². The number of hydrogen-bond acceptors (Lipinski definition) is 3. The second-order valence-electron chi connectivity index (χ2n) is 7.62. The van der Waals surface area contributed by atoms with Gasteiger partial charge in [0.1, 0.15) is 0 Å². The van der Waals surface area contributed by atoms with Gasteiger partial charge in [-0.05, 0) is 48.6 Å². The molecule has 21 heavy (non-hydrogen) atoms. The topological polar surface area (TPSA) is 12.0 Å². The minimum absolute atomic E-state index is 0.129. The minimum atomic E-state index is 0.129. The van der Waals surface area contributed by atoms with Gasteiger partial charge in [0, 0.05) is 27.8 Å². The van der Waals surface area contributed by atoms with E-state index in [1.54, 1.807) is 0 Å². The lowest BCUT2D eigenvalue weighted by Crippen LogP contribution is -2.44. The zero-order valence-corrected chi connectivity index (χ0v) is 15.4. The summed E-state index contributed by atoms with van der Waals surface area (Å²) in [5, 5.41) is 8.25. The van der Waals surface area contributed by atoms with Crippen molar-refractivity contribution in [2.24, 2.45) is 5.41 Å². The highest BCUT2D eigenvalue weighted by Gasteiger charge is 2.28. The maximum Gasteiger partial charge on any atom is 0.0467 e. The number of hydrogen-bond donors (Lipinski definition) is 1. The highest BCUT2D eigenvalue weighted by molar-refractivity contribution is 7.10. The Kier molecular flexibility index (Phi) is 5.29. The molecule has 1 N–H and O–H groups in total. The molecule has 1 unspecified atom stereocenters. The molecule has 0 aromatic carbocycles. The summed E-state index contributed by atoms with van der Waals surface area (Å²) in [5.74, 6) is 0. The molecule has 0 fully saturated rings. The molecule has 1 atom stereocenters. The lowest BCUT2D eigenvalue weighted by atomic mass is 9.81. The van der Waals surface area contributed by atoms with Gasteiger partial charge in [0.2, 0.25) is 0 Å². The molecule has 2 aromatic rings. The summed E-state index contributed by atoms with van der Waals surface area (Å²) in [6.07, 6.45) is 2.23. The van der Waals surface area contributed by atoms with E-state index in [9.17, 15) is 0 Å². The van der Waals surface area contributed by atoms with Crippen LogP contribution in [0.2, 0.25) is 0 Å². The van der Waals surface area contributed by atoms with Gasteiger partial charge in [0.15, 0.2) is 0 Å².